The molecule has 0 aliphatic rings. The van der Waals surface area contributed by atoms with Gasteiger partial charge in [-0.2, -0.15) is 0 Å². The Kier molecular flexibility index (Phi) is 3.20. The maximum atomic E-state index is 13.4. The number of hydrogen-bond donors (Lipinski definition) is 1. The summed E-state index contributed by atoms with van der Waals surface area (Å²) in [4.78, 5) is 4.49. The van der Waals surface area contributed by atoms with Gasteiger partial charge in [0.15, 0.2) is 0 Å². The lowest BCUT2D eigenvalue weighted by Gasteiger charge is -2.04. The van der Waals surface area contributed by atoms with Crippen molar-refractivity contribution in [1.29, 1.82) is 0 Å². The number of rotatable bonds is 3. The van der Waals surface area contributed by atoms with Crippen LogP contribution >= 0.6 is 0 Å². The fourth-order valence-electron chi connectivity index (χ4n) is 2.28. The second-order valence-electron chi connectivity index (χ2n) is 4.53. The fraction of sp³-hybridized carbons (Fsp3) is 0.133. The van der Waals surface area contributed by atoms with Crippen LogP contribution in [-0.4, -0.2) is 15.9 Å². The largest absolute Gasteiger partial charge is 0.330 e. The van der Waals surface area contributed by atoms with Crippen molar-refractivity contribution < 1.29 is 8.78 Å². The molecule has 0 aliphatic heterocycles. The predicted octanol–water partition coefficient (Wildman–Crippen LogP) is 2.78. The third kappa shape index (κ3) is 2.16. The van der Waals surface area contributed by atoms with E-state index in [1.54, 1.807) is 22.6 Å². The van der Waals surface area contributed by atoms with Gasteiger partial charge in [0.2, 0.25) is 0 Å². The zero-order chi connectivity index (χ0) is 14.1. The third-order valence-electron chi connectivity index (χ3n) is 3.18. The molecule has 5 heteroatoms. The van der Waals surface area contributed by atoms with Gasteiger partial charge in [-0.25, -0.2) is 13.8 Å². The lowest BCUT2D eigenvalue weighted by molar-refractivity contribution is 0.617. The van der Waals surface area contributed by atoms with E-state index in [2.05, 4.69) is 4.98 Å². The molecule has 0 aliphatic carbocycles. The van der Waals surface area contributed by atoms with E-state index in [9.17, 15) is 8.78 Å². The summed E-state index contributed by atoms with van der Waals surface area (Å²) in [5, 5.41) is 0. The molecule has 0 saturated carbocycles. The maximum Gasteiger partial charge on any atom is 0.139 e. The molecular formula is C15H13F2N3. The summed E-state index contributed by atoms with van der Waals surface area (Å²) in [7, 11) is 0. The standard InChI is InChI=1S/C15H13F2N3/c16-11-3-1-10(2-4-11)15-13(7-8-18)20-9-12(17)5-6-14(20)19-15/h1-6,9H,7-8,18H2. The molecule has 0 saturated heterocycles. The number of pyridine rings is 1. The van der Waals surface area contributed by atoms with Crippen LogP contribution in [0.3, 0.4) is 0 Å². The van der Waals surface area contributed by atoms with E-state index in [-0.39, 0.29) is 11.6 Å². The van der Waals surface area contributed by atoms with Gasteiger partial charge in [-0.15, -0.1) is 0 Å². The lowest BCUT2D eigenvalue weighted by atomic mass is 10.1. The Morgan fingerprint density at radius 2 is 1.70 bits per heavy atom. The molecule has 0 unspecified atom stereocenters. The minimum absolute atomic E-state index is 0.302. The van der Waals surface area contributed by atoms with E-state index in [1.165, 1.54) is 24.4 Å². The molecule has 1 aromatic carbocycles. The minimum atomic E-state index is -0.334. The fourth-order valence-corrected chi connectivity index (χ4v) is 2.28. The molecule has 2 aromatic heterocycles. The van der Waals surface area contributed by atoms with E-state index >= 15 is 0 Å². The van der Waals surface area contributed by atoms with Gasteiger partial charge < -0.3 is 10.1 Å². The Labute approximate surface area is 114 Å². The van der Waals surface area contributed by atoms with E-state index in [0.29, 0.717) is 24.3 Å². The predicted molar refractivity (Wildman–Crippen MR) is 73.3 cm³/mol. The van der Waals surface area contributed by atoms with Gasteiger partial charge in [-0.3, -0.25) is 0 Å². The average Bonchev–Trinajstić information content (AvgIpc) is 2.79. The lowest BCUT2D eigenvalue weighted by Crippen LogP contribution is -2.06. The van der Waals surface area contributed by atoms with Crippen LogP contribution in [0.1, 0.15) is 5.69 Å². The van der Waals surface area contributed by atoms with E-state index in [1.807, 2.05) is 0 Å². The van der Waals surface area contributed by atoms with E-state index in [4.69, 9.17) is 5.73 Å². The summed E-state index contributed by atoms with van der Waals surface area (Å²) < 4.78 is 28.1. The molecule has 0 amide bonds. The number of nitrogens with two attached hydrogens (primary N) is 1. The summed E-state index contributed by atoms with van der Waals surface area (Å²) >= 11 is 0. The topological polar surface area (TPSA) is 43.3 Å². The Morgan fingerprint density at radius 3 is 2.40 bits per heavy atom. The Hall–Kier alpha value is -2.27. The van der Waals surface area contributed by atoms with Gasteiger partial charge in [0.05, 0.1) is 11.4 Å². The molecule has 3 aromatic rings. The summed E-state index contributed by atoms with van der Waals surface area (Å²) in [5.41, 5.74) is 8.60. The molecule has 102 valence electrons. The first-order valence-corrected chi connectivity index (χ1v) is 6.31. The molecule has 0 spiro atoms. The highest BCUT2D eigenvalue weighted by Gasteiger charge is 2.13. The molecular weight excluding hydrogens is 260 g/mol. The Balaban J connectivity index is 2.23. The monoisotopic (exact) mass is 273 g/mol. The summed E-state index contributed by atoms with van der Waals surface area (Å²) in [6.07, 6.45) is 1.96. The average molecular weight is 273 g/mol. The number of fused-ring (bicyclic) bond motifs is 1. The smallest absolute Gasteiger partial charge is 0.139 e. The van der Waals surface area contributed by atoms with Crippen molar-refractivity contribution >= 4 is 5.65 Å². The molecule has 3 nitrogen and oxygen atoms in total. The number of hydrogen-bond acceptors (Lipinski definition) is 2. The number of aromatic nitrogens is 2. The van der Waals surface area contributed by atoms with Crippen LogP contribution < -0.4 is 5.73 Å². The summed E-state index contributed by atoms with van der Waals surface area (Å²) in [6.45, 7) is 0.429. The highest BCUT2D eigenvalue weighted by Crippen LogP contribution is 2.25. The molecule has 0 atom stereocenters. The normalized spacial score (nSPS) is 11.2. The SMILES string of the molecule is NCCc1c(-c2ccc(F)cc2)nc2ccc(F)cn12. The van der Waals surface area contributed by atoms with E-state index < -0.39 is 0 Å². The van der Waals surface area contributed by atoms with Crippen molar-refractivity contribution in [2.45, 2.75) is 6.42 Å². The molecule has 3 rings (SSSR count). The van der Waals surface area contributed by atoms with Crippen molar-refractivity contribution in [2.24, 2.45) is 5.73 Å². The van der Waals surface area contributed by atoms with Crippen LogP contribution in [0, 0.1) is 11.6 Å². The number of nitrogens with zero attached hydrogens (tertiary/aromatic N) is 2. The van der Waals surface area contributed by atoms with Crippen molar-refractivity contribution in [3.8, 4) is 11.3 Å². The number of imidazole rings is 1. The molecule has 20 heavy (non-hydrogen) atoms. The number of halogens is 2. The first-order chi connectivity index (χ1) is 9.69. The second-order valence-corrected chi connectivity index (χ2v) is 4.53. The van der Waals surface area contributed by atoms with E-state index in [0.717, 1.165) is 11.3 Å². The Bertz CT molecular complexity index is 748. The molecule has 0 bridgehead atoms. The summed E-state index contributed by atoms with van der Waals surface area (Å²) in [5.74, 6) is -0.636. The minimum Gasteiger partial charge on any atom is -0.330 e. The highest BCUT2D eigenvalue weighted by molar-refractivity contribution is 5.66. The van der Waals surface area contributed by atoms with Crippen LogP contribution in [0.2, 0.25) is 0 Å². The van der Waals surface area contributed by atoms with Crippen LogP contribution in [0.5, 0.6) is 0 Å². The van der Waals surface area contributed by atoms with Gasteiger partial charge in [-0.05, 0) is 42.9 Å². The third-order valence-corrected chi connectivity index (χ3v) is 3.18. The molecule has 0 radical (unpaired) electrons. The Morgan fingerprint density at radius 1 is 1.00 bits per heavy atom. The highest BCUT2D eigenvalue weighted by atomic mass is 19.1. The van der Waals surface area contributed by atoms with Gasteiger partial charge in [0.1, 0.15) is 17.3 Å². The zero-order valence-corrected chi connectivity index (χ0v) is 10.7. The van der Waals surface area contributed by atoms with Crippen LogP contribution in [0.25, 0.3) is 16.9 Å². The quantitative estimate of drug-likeness (QED) is 0.797. The first-order valence-electron chi connectivity index (χ1n) is 6.31. The second kappa shape index (κ2) is 5.02. The van der Waals surface area contributed by atoms with Crippen LogP contribution in [-0.2, 0) is 6.42 Å². The van der Waals surface area contributed by atoms with Crippen LogP contribution in [0.4, 0.5) is 8.78 Å². The van der Waals surface area contributed by atoms with Crippen LogP contribution in [0.15, 0.2) is 42.6 Å². The van der Waals surface area contributed by atoms with Gasteiger partial charge in [-0.1, -0.05) is 0 Å². The van der Waals surface area contributed by atoms with Crippen molar-refractivity contribution in [2.75, 3.05) is 6.54 Å². The van der Waals surface area contributed by atoms with Crippen molar-refractivity contribution in [3.05, 3.63) is 59.9 Å². The van der Waals surface area contributed by atoms with Crippen molar-refractivity contribution in [3.63, 3.8) is 0 Å². The van der Waals surface area contributed by atoms with Crippen molar-refractivity contribution in [1.82, 2.24) is 9.38 Å². The van der Waals surface area contributed by atoms with Gasteiger partial charge in [0.25, 0.3) is 0 Å². The molecule has 2 heterocycles. The van der Waals surface area contributed by atoms with Gasteiger partial charge >= 0.3 is 0 Å². The first kappa shape index (κ1) is 12.7. The molecule has 0 fully saturated rings. The molecule has 2 N–H and O–H groups in total. The summed E-state index contributed by atoms with van der Waals surface area (Å²) in [6, 6.07) is 9.06. The van der Waals surface area contributed by atoms with Gasteiger partial charge in [0, 0.05) is 18.2 Å². The number of benzene rings is 1. The maximum absolute atomic E-state index is 13.4. The zero-order valence-electron chi connectivity index (χ0n) is 10.7.